The maximum Gasteiger partial charge on any atom is 0.191 e. The van der Waals surface area contributed by atoms with E-state index in [1.165, 1.54) is 29.0 Å². The van der Waals surface area contributed by atoms with Gasteiger partial charge in [0.1, 0.15) is 0 Å². The van der Waals surface area contributed by atoms with Gasteiger partial charge in [0.25, 0.3) is 0 Å². The lowest BCUT2D eigenvalue weighted by atomic mass is 10.3. The van der Waals surface area contributed by atoms with Gasteiger partial charge in [0.15, 0.2) is 5.96 Å². The van der Waals surface area contributed by atoms with E-state index in [2.05, 4.69) is 34.7 Å². The molecule has 1 saturated carbocycles. The van der Waals surface area contributed by atoms with Crippen LogP contribution >= 0.6 is 11.3 Å². The van der Waals surface area contributed by atoms with E-state index in [0.717, 1.165) is 25.0 Å². The molecular weight excluding hydrogens is 230 g/mol. The van der Waals surface area contributed by atoms with Crippen molar-refractivity contribution in [1.29, 1.82) is 0 Å². The summed E-state index contributed by atoms with van der Waals surface area (Å²) in [5.74, 6) is 1.89. The van der Waals surface area contributed by atoms with Crippen LogP contribution in [0.1, 0.15) is 29.0 Å². The molecule has 0 unspecified atom stereocenters. The van der Waals surface area contributed by atoms with Gasteiger partial charge in [-0.2, -0.15) is 0 Å². The zero-order chi connectivity index (χ0) is 12.1. The number of nitrogens with zero attached hydrogens (tertiary/aromatic N) is 1. The van der Waals surface area contributed by atoms with Crippen LogP contribution in [0.15, 0.2) is 17.1 Å². The van der Waals surface area contributed by atoms with E-state index in [0.29, 0.717) is 0 Å². The highest BCUT2D eigenvalue weighted by Crippen LogP contribution is 2.31. The van der Waals surface area contributed by atoms with Gasteiger partial charge in [-0.1, -0.05) is 12.8 Å². The molecule has 0 saturated heterocycles. The third-order valence-electron chi connectivity index (χ3n) is 2.99. The van der Waals surface area contributed by atoms with Crippen LogP contribution in [0.4, 0.5) is 0 Å². The molecule has 0 bridgehead atoms. The van der Waals surface area contributed by atoms with Gasteiger partial charge >= 0.3 is 0 Å². The number of nitrogens with one attached hydrogen (secondary N) is 2. The van der Waals surface area contributed by atoms with Crippen molar-refractivity contribution in [3.05, 3.63) is 21.9 Å². The number of hydrogen-bond donors (Lipinski definition) is 2. The Labute approximate surface area is 107 Å². The van der Waals surface area contributed by atoms with Crippen molar-refractivity contribution in [2.45, 2.75) is 32.7 Å². The molecule has 94 valence electrons. The summed E-state index contributed by atoms with van der Waals surface area (Å²) in [6.07, 6.45) is 4.11. The summed E-state index contributed by atoms with van der Waals surface area (Å²) in [6.45, 7) is 4.03. The predicted molar refractivity (Wildman–Crippen MR) is 74.6 cm³/mol. The van der Waals surface area contributed by atoms with E-state index in [1.807, 2.05) is 18.4 Å². The average Bonchev–Trinajstić information content (AvgIpc) is 3.06. The molecule has 1 heterocycles. The van der Waals surface area contributed by atoms with E-state index in [4.69, 9.17) is 0 Å². The molecular formula is C13H21N3S. The first-order chi connectivity index (χ1) is 8.28. The fourth-order valence-electron chi connectivity index (χ4n) is 1.77. The van der Waals surface area contributed by atoms with Gasteiger partial charge in [0.05, 0.1) is 6.54 Å². The normalized spacial score (nSPS) is 16.0. The van der Waals surface area contributed by atoms with Gasteiger partial charge in [-0.25, -0.2) is 0 Å². The summed E-state index contributed by atoms with van der Waals surface area (Å²) in [4.78, 5) is 6.94. The maximum atomic E-state index is 4.23. The lowest BCUT2D eigenvalue weighted by molar-refractivity contribution is 0.685. The van der Waals surface area contributed by atoms with E-state index >= 15 is 0 Å². The van der Waals surface area contributed by atoms with Crippen molar-refractivity contribution in [2.75, 3.05) is 13.6 Å². The van der Waals surface area contributed by atoms with Crippen LogP contribution in [0.2, 0.25) is 0 Å². The second kappa shape index (κ2) is 6.05. The van der Waals surface area contributed by atoms with Gasteiger partial charge in [0, 0.05) is 23.3 Å². The van der Waals surface area contributed by atoms with Crippen molar-refractivity contribution in [1.82, 2.24) is 10.6 Å². The first kappa shape index (κ1) is 12.4. The summed E-state index contributed by atoms with van der Waals surface area (Å²) in [6, 6.07) is 4.33. The van der Waals surface area contributed by atoms with Crippen LogP contribution in [-0.4, -0.2) is 19.6 Å². The van der Waals surface area contributed by atoms with Gasteiger partial charge in [-0.3, -0.25) is 4.99 Å². The monoisotopic (exact) mass is 251 g/mol. The number of thiophene rings is 1. The van der Waals surface area contributed by atoms with Crippen molar-refractivity contribution in [2.24, 2.45) is 10.9 Å². The van der Waals surface area contributed by atoms with Gasteiger partial charge in [-0.15, -0.1) is 11.3 Å². The Morgan fingerprint density at radius 2 is 2.24 bits per heavy atom. The van der Waals surface area contributed by atoms with Gasteiger partial charge in [-0.05, 0) is 31.4 Å². The molecule has 17 heavy (non-hydrogen) atoms. The van der Waals surface area contributed by atoms with Gasteiger partial charge in [0.2, 0.25) is 0 Å². The first-order valence-electron chi connectivity index (χ1n) is 6.28. The summed E-state index contributed by atoms with van der Waals surface area (Å²) in [5, 5.41) is 6.70. The zero-order valence-corrected chi connectivity index (χ0v) is 11.4. The third kappa shape index (κ3) is 4.38. The number of rotatable bonds is 5. The van der Waals surface area contributed by atoms with E-state index in [9.17, 15) is 0 Å². The average molecular weight is 251 g/mol. The maximum absolute atomic E-state index is 4.23. The Hall–Kier alpha value is -1.03. The number of hydrogen-bond acceptors (Lipinski definition) is 2. The molecule has 0 amide bonds. The summed E-state index contributed by atoms with van der Waals surface area (Å²) in [7, 11) is 1.83. The molecule has 3 nitrogen and oxygen atoms in total. The third-order valence-corrected chi connectivity index (χ3v) is 3.99. The summed E-state index contributed by atoms with van der Waals surface area (Å²) in [5.41, 5.74) is 0. The molecule has 1 aromatic heterocycles. The molecule has 1 fully saturated rings. The first-order valence-corrected chi connectivity index (χ1v) is 7.09. The second-order valence-corrected chi connectivity index (χ2v) is 5.97. The molecule has 0 aromatic carbocycles. The minimum atomic E-state index is 0.863. The van der Waals surface area contributed by atoms with Crippen molar-refractivity contribution in [3.8, 4) is 0 Å². The molecule has 0 atom stereocenters. The fourth-order valence-corrected chi connectivity index (χ4v) is 2.60. The zero-order valence-electron chi connectivity index (χ0n) is 10.6. The lowest BCUT2D eigenvalue weighted by Gasteiger charge is -2.10. The Morgan fingerprint density at radius 3 is 2.82 bits per heavy atom. The van der Waals surface area contributed by atoms with Crippen molar-refractivity contribution in [3.63, 3.8) is 0 Å². The largest absolute Gasteiger partial charge is 0.356 e. The van der Waals surface area contributed by atoms with E-state index < -0.39 is 0 Å². The SMILES string of the molecule is CN=C(NCCC1CC1)NCc1ccc(C)s1. The van der Waals surface area contributed by atoms with Crippen LogP contribution in [0, 0.1) is 12.8 Å². The highest BCUT2D eigenvalue weighted by molar-refractivity contribution is 7.11. The molecule has 1 aromatic rings. The van der Waals surface area contributed by atoms with Crippen LogP contribution < -0.4 is 10.6 Å². The topological polar surface area (TPSA) is 36.4 Å². The molecule has 2 N–H and O–H groups in total. The van der Waals surface area contributed by atoms with Crippen LogP contribution in [-0.2, 0) is 6.54 Å². The second-order valence-electron chi connectivity index (χ2n) is 4.60. The quantitative estimate of drug-likeness (QED) is 0.623. The Kier molecular flexibility index (Phi) is 4.42. The number of guanidine groups is 1. The van der Waals surface area contributed by atoms with Crippen molar-refractivity contribution >= 4 is 17.3 Å². The van der Waals surface area contributed by atoms with Crippen molar-refractivity contribution < 1.29 is 0 Å². The number of aryl methyl sites for hydroxylation is 1. The molecule has 2 rings (SSSR count). The van der Waals surface area contributed by atoms with E-state index in [-0.39, 0.29) is 0 Å². The fraction of sp³-hybridized carbons (Fsp3) is 0.615. The minimum Gasteiger partial charge on any atom is -0.356 e. The minimum absolute atomic E-state index is 0.863. The molecule has 0 spiro atoms. The summed E-state index contributed by atoms with van der Waals surface area (Å²) >= 11 is 1.83. The summed E-state index contributed by atoms with van der Waals surface area (Å²) < 4.78 is 0. The Morgan fingerprint density at radius 1 is 1.41 bits per heavy atom. The Balaban J connectivity index is 1.67. The van der Waals surface area contributed by atoms with Gasteiger partial charge < -0.3 is 10.6 Å². The van der Waals surface area contributed by atoms with E-state index in [1.54, 1.807) is 0 Å². The molecule has 1 aliphatic rings. The predicted octanol–water partition coefficient (Wildman–Crippen LogP) is 2.52. The molecule has 1 aliphatic carbocycles. The Bertz CT molecular complexity index is 380. The molecule has 0 aliphatic heterocycles. The molecule has 0 radical (unpaired) electrons. The highest BCUT2D eigenvalue weighted by Gasteiger charge is 2.20. The molecule has 4 heteroatoms. The lowest BCUT2D eigenvalue weighted by Crippen LogP contribution is -2.37. The van der Waals surface area contributed by atoms with Crippen LogP contribution in [0.5, 0.6) is 0 Å². The smallest absolute Gasteiger partial charge is 0.191 e. The highest BCUT2D eigenvalue weighted by atomic mass is 32.1. The standard InChI is InChI=1S/C13H21N3S/c1-10-3-6-12(17-10)9-16-13(14-2)15-8-7-11-4-5-11/h3,6,11H,4-5,7-9H2,1-2H3,(H2,14,15,16). The van der Waals surface area contributed by atoms with Crippen LogP contribution in [0.25, 0.3) is 0 Å². The number of aliphatic imine (C=N–C) groups is 1. The van der Waals surface area contributed by atoms with Crippen LogP contribution in [0.3, 0.4) is 0 Å².